The molecule has 3 rings (SSSR count). The van der Waals surface area contributed by atoms with Gasteiger partial charge in [0.1, 0.15) is 5.82 Å². The molecule has 0 aliphatic carbocycles. The second-order valence-electron chi connectivity index (χ2n) is 4.86. The van der Waals surface area contributed by atoms with Gasteiger partial charge >= 0.3 is 0 Å². The number of nitrogens with two attached hydrogens (primary N) is 1. The number of nitrogens with zero attached hydrogens (tertiary/aromatic N) is 3. The summed E-state index contributed by atoms with van der Waals surface area (Å²) in [7, 11) is 0. The Morgan fingerprint density at radius 2 is 2.20 bits per heavy atom. The Balaban J connectivity index is 1.90. The quantitative estimate of drug-likeness (QED) is 0.747. The van der Waals surface area contributed by atoms with E-state index in [1.54, 1.807) is 0 Å². The fourth-order valence-electron chi connectivity index (χ4n) is 3.05. The second kappa shape index (κ2) is 3.23. The van der Waals surface area contributed by atoms with E-state index in [1.807, 2.05) is 13.0 Å². The van der Waals surface area contributed by atoms with Crippen molar-refractivity contribution in [3.8, 4) is 0 Å². The molecule has 3 unspecified atom stereocenters. The SMILES string of the molecule is Cc1cc(N)n(C2CCN3CCC2C3)n1. The molecule has 0 aromatic carbocycles. The van der Waals surface area contributed by atoms with E-state index in [1.165, 1.54) is 32.5 Å². The molecule has 2 N–H and O–H groups in total. The minimum Gasteiger partial charge on any atom is -0.384 e. The van der Waals surface area contributed by atoms with E-state index in [-0.39, 0.29) is 0 Å². The van der Waals surface area contributed by atoms with Crippen molar-refractivity contribution in [2.24, 2.45) is 5.92 Å². The highest BCUT2D eigenvalue weighted by Gasteiger charge is 2.36. The van der Waals surface area contributed by atoms with Crippen LogP contribution in [-0.4, -0.2) is 34.3 Å². The monoisotopic (exact) mass is 206 g/mol. The lowest BCUT2D eigenvalue weighted by molar-refractivity contribution is 0.196. The summed E-state index contributed by atoms with van der Waals surface area (Å²) in [5.74, 6) is 1.60. The Morgan fingerprint density at radius 1 is 1.40 bits per heavy atom. The maximum absolute atomic E-state index is 5.99. The van der Waals surface area contributed by atoms with Gasteiger partial charge in [-0.05, 0) is 32.2 Å². The third kappa shape index (κ3) is 1.44. The molecule has 0 saturated carbocycles. The molecule has 2 aliphatic heterocycles. The van der Waals surface area contributed by atoms with Crippen molar-refractivity contribution >= 4 is 5.82 Å². The second-order valence-corrected chi connectivity index (χ2v) is 4.86. The van der Waals surface area contributed by atoms with Crippen LogP contribution < -0.4 is 5.73 Å². The molecule has 2 bridgehead atoms. The highest BCUT2D eigenvalue weighted by molar-refractivity contribution is 5.31. The smallest absolute Gasteiger partial charge is 0.122 e. The Labute approximate surface area is 90.0 Å². The highest BCUT2D eigenvalue weighted by atomic mass is 15.3. The Hall–Kier alpha value is -1.03. The summed E-state index contributed by atoms with van der Waals surface area (Å²) < 4.78 is 2.06. The van der Waals surface area contributed by atoms with Crippen LogP contribution in [0.15, 0.2) is 6.07 Å². The molecule has 4 nitrogen and oxygen atoms in total. The maximum atomic E-state index is 5.99. The zero-order chi connectivity index (χ0) is 10.4. The van der Waals surface area contributed by atoms with E-state index >= 15 is 0 Å². The highest BCUT2D eigenvalue weighted by Crippen LogP contribution is 2.36. The molecule has 2 saturated heterocycles. The summed E-state index contributed by atoms with van der Waals surface area (Å²) in [5, 5.41) is 4.52. The summed E-state index contributed by atoms with van der Waals surface area (Å²) in [6, 6.07) is 2.51. The van der Waals surface area contributed by atoms with E-state index in [2.05, 4.69) is 14.7 Å². The van der Waals surface area contributed by atoms with Gasteiger partial charge in [-0.25, -0.2) is 4.68 Å². The van der Waals surface area contributed by atoms with E-state index in [4.69, 9.17) is 5.73 Å². The maximum Gasteiger partial charge on any atom is 0.122 e. The van der Waals surface area contributed by atoms with Gasteiger partial charge in [0.05, 0.1) is 11.7 Å². The minimum absolute atomic E-state index is 0.539. The van der Waals surface area contributed by atoms with Gasteiger partial charge in [0.25, 0.3) is 0 Å². The molecule has 0 radical (unpaired) electrons. The number of rotatable bonds is 1. The number of aryl methyl sites for hydroxylation is 1. The molecule has 0 amide bonds. The predicted octanol–water partition coefficient (Wildman–Crippen LogP) is 1.04. The van der Waals surface area contributed by atoms with Crippen LogP contribution in [0.25, 0.3) is 0 Å². The van der Waals surface area contributed by atoms with Gasteiger partial charge in [0, 0.05) is 19.2 Å². The number of aromatic nitrogens is 2. The largest absolute Gasteiger partial charge is 0.384 e. The first-order valence-corrected chi connectivity index (χ1v) is 5.78. The van der Waals surface area contributed by atoms with Crippen LogP contribution in [0.5, 0.6) is 0 Å². The number of hydrogen-bond donors (Lipinski definition) is 1. The average molecular weight is 206 g/mol. The summed E-state index contributed by atoms with van der Waals surface area (Å²) in [6.45, 7) is 5.72. The van der Waals surface area contributed by atoms with Crippen LogP contribution in [0.2, 0.25) is 0 Å². The van der Waals surface area contributed by atoms with E-state index in [0.717, 1.165) is 17.4 Å². The van der Waals surface area contributed by atoms with Gasteiger partial charge in [-0.15, -0.1) is 0 Å². The van der Waals surface area contributed by atoms with Crippen LogP contribution >= 0.6 is 0 Å². The molecule has 15 heavy (non-hydrogen) atoms. The number of fused-ring (bicyclic) bond motifs is 2. The number of nitrogen functional groups attached to an aromatic ring is 1. The van der Waals surface area contributed by atoms with Gasteiger partial charge in [0.15, 0.2) is 0 Å². The van der Waals surface area contributed by atoms with Crippen LogP contribution in [0.4, 0.5) is 5.82 Å². The number of piperidine rings is 1. The number of hydrogen-bond acceptors (Lipinski definition) is 3. The topological polar surface area (TPSA) is 47.1 Å². The van der Waals surface area contributed by atoms with Crippen molar-refractivity contribution in [3.63, 3.8) is 0 Å². The zero-order valence-corrected chi connectivity index (χ0v) is 9.19. The van der Waals surface area contributed by atoms with Crippen molar-refractivity contribution in [3.05, 3.63) is 11.8 Å². The molecule has 3 atom stereocenters. The molecule has 2 aliphatic rings. The Kier molecular flexibility index (Phi) is 1.99. The van der Waals surface area contributed by atoms with Gasteiger partial charge in [0.2, 0.25) is 0 Å². The van der Waals surface area contributed by atoms with Crippen molar-refractivity contribution < 1.29 is 0 Å². The molecular weight excluding hydrogens is 188 g/mol. The van der Waals surface area contributed by atoms with Crippen LogP contribution in [-0.2, 0) is 0 Å². The Bertz CT molecular complexity index is 371. The lowest BCUT2D eigenvalue weighted by atomic mass is 9.94. The normalized spacial score (nSPS) is 34.6. The molecule has 0 spiro atoms. The van der Waals surface area contributed by atoms with Gasteiger partial charge in [-0.2, -0.15) is 5.10 Å². The van der Waals surface area contributed by atoms with Crippen LogP contribution in [0.3, 0.4) is 0 Å². The fourth-order valence-corrected chi connectivity index (χ4v) is 3.05. The van der Waals surface area contributed by atoms with Crippen molar-refractivity contribution in [1.29, 1.82) is 0 Å². The van der Waals surface area contributed by atoms with Gasteiger partial charge in [-0.3, -0.25) is 0 Å². The fraction of sp³-hybridized carbons (Fsp3) is 0.727. The van der Waals surface area contributed by atoms with E-state index in [0.29, 0.717) is 6.04 Å². The van der Waals surface area contributed by atoms with Crippen LogP contribution in [0.1, 0.15) is 24.6 Å². The van der Waals surface area contributed by atoms with Gasteiger partial charge < -0.3 is 10.6 Å². The first kappa shape index (κ1) is 9.21. The summed E-state index contributed by atoms with van der Waals surface area (Å²) in [4.78, 5) is 2.55. The predicted molar refractivity (Wildman–Crippen MR) is 59.6 cm³/mol. The molecule has 82 valence electrons. The van der Waals surface area contributed by atoms with Crippen molar-refractivity contribution in [2.45, 2.75) is 25.8 Å². The minimum atomic E-state index is 0.539. The zero-order valence-electron chi connectivity index (χ0n) is 9.19. The van der Waals surface area contributed by atoms with E-state index < -0.39 is 0 Å². The summed E-state index contributed by atoms with van der Waals surface area (Å²) in [6.07, 6.45) is 2.51. The lowest BCUT2D eigenvalue weighted by Gasteiger charge is -2.31. The first-order chi connectivity index (χ1) is 7.24. The molecule has 3 heterocycles. The standard InChI is InChI=1S/C11H18N4/c1-8-6-11(12)15(13-8)10-3-5-14-4-2-9(10)7-14/h6,9-10H,2-5,7,12H2,1H3. The lowest BCUT2D eigenvalue weighted by Crippen LogP contribution is -2.34. The van der Waals surface area contributed by atoms with Crippen molar-refractivity contribution in [2.75, 3.05) is 25.4 Å². The third-order valence-corrected chi connectivity index (χ3v) is 3.79. The van der Waals surface area contributed by atoms with E-state index in [9.17, 15) is 0 Å². The molecule has 2 fully saturated rings. The molecule has 4 heteroatoms. The van der Waals surface area contributed by atoms with Crippen LogP contribution in [0, 0.1) is 12.8 Å². The summed E-state index contributed by atoms with van der Waals surface area (Å²) >= 11 is 0. The first-order valence-electron chi connectivity index (χ1n) is 5.78. The molecule has 1 aromatic heterocycles. The third-order valence-electron chi connectivity index (χ3n) is 3.79. The molecule has 1 aromatic rings. The van der Waals surface area contributed by atoms with Gasteiger partial charge in [-0.1, -0.05) is 0 Å². The molecular formula is C11H18N4. The number of anilines is 1. The van der Waals surface area contributed by atoms with Crippen molar-refractivity contribution in [1.82, 2.24) is 14.7 Å². The Morgan fingerprint density at radius 3 is 2.93 bits per heavy atom. The average Bonchev–Trinajstić information content (AvgIpc) is 2.73. The summed E-state index contributed by atoms with van der Waals surface area (Å²) in [5.41, 5.74) is 7.02.